The molecule has 0 amide bonds. The highest BCUT2D eigenvalue weighted by atomic mass is 16.5. The first-order chi connectivity index (χ1) is 9.67. The Balaban J connectivity index is 1.87. The van der Waals surface area contributed by atoms with Gasteiger partial charge in [0.25, 0.3) is 0 Å². The Hall–Kier alpha value is -0.900. The summed E-state index contributed by atoms with van der Waals surface area (Å²) >= 11 is 0. The molecule has 3 heteroatoms. The summed E-state index contributed by atoms with van der Waals surface area (Å²) in [5.74, 6) is 0. The van der Waals surface area contributed by atoms with E-state index in [-0.39, 0.29) is 5.60 Å². The fourth-order valence-electron chi connectivity index (χ4n) is 3.14. The van der Waals surface area contributed by atoms with Gasteiger partial charge in [0.2, 0.25) is 0 Å². The summed E-state index contributed by atoms with van der Waals surface area (Å²) in [6.07, 6.45) is 3.55. The zero-order chi connectivity index (χ0) is 14.4. The Morgan fingerprint density at radius 3 is 2.75 bits per heavy atom. The predicted octanol–water partition coefficient (Wildman–Crippen LogP) is 2.84. The molecule has 1 aliphatic rings. The van der Waals surface area contributed by atoms with Crippen LogP contribution in [0.15, 0.2) is 30.3 Å². The number of nitrogens with one attached hydrogen (secondary N) is 1. The standard InChI is InChI=1S/C17H28N2O/c1-17(20-3)11-7-12-19(14-17)13-10-16(18-2)15-8-5-4-6-9-15/h4-6,8-9,16,18H,7,10-14H2,1-3H3. The summed E-state index contributed by atoms with van der Waals surface area (Å²) in [6.45, 7) is 5.60. The van der Waals surface area contributed by atoms with Crippen LogP contribution in [-0.4, -0.2) is 44.3 Å². The highest BCUT2D eigenvalue weighted by Crippen LogP contribution is 2.25. The summed E-state index contributed by atoms with van der Waals surface area (Å²) in [7, 11) is 3.89. The average Bonchev–Trinajstić information content (AvgIpc) is 2.49. The zero-order valence-corrected chi connectivity index (χ0v) is 13.1. The van der Waals surface area contributed by atoms with Crippen molar-refractivity contribution >= 4 is 0 Å². The Labute approximate surface area is 123 Å². The lowest BCUT2D eigenvalue weighted by Gasteiger charge is -2.40. The largest absolute Gasteiger partial charge is 0.377 e. The van der Waals surface area contributed by atoms with Crippen molar-refractivity contribution in [3.8, 4) is 0 Å². The summed E-state index contributed by atoms with van der Waals surface area (Å²) in [5, 5.41) is 3.43. The van der Waals surface area contributed by atoms with Gasteiger partial charge in [-0.1, -0.05) is 30.3 Å². The number of piperidine rings is 1. The van der Waals surface area contributed by atoms with Crippen molar-refractivity contribution in [2.24, 2.45) is 0 Å². The van der Waals surface area contributed by atoms with Gasteiger partial charge in [0.15, 0.2) is 0 Å². The molecule has 1 aromatic carbocycles. The van der Waals surface area contributed by atoms with Gasteiger partial charge in [-0.25, -0.2) is 0 Å². The van der Waals surface area contributed by atoms with Gasteiger partial charge in [-0.2, -0.15) is 0 Å². The van der Waals surface area contributed by atoms with Crippen molar-refractivity contribution in [1.29, 1.82) is 0 Å². The van der Waals surface area contributed by atoms with Gasteiger partial charge in [-0.3, -0.25) is 0 Å². The molecule has 20 heavy (non-hydrogen) atoms. The number of rotatable bonds is 6. The molecule has 0 aromatic heterocycles. The van der Waals surface area contributed by atoms with Gasteiger partial charge in [-0.05, 0) is 45.3 Å². The molecule has 112 valence electrons. The lowest BCUT2D eigenvalue weighted by Crippen LogP contribution is -2.47. The molecular weight excluding hydrogens is 248 g/mol. The first-order valence-corrected chi connectivity index (χ1v) is 7.66. The monoisotopic (exact) mass is 276 g/mol. The summed E-state index contributed by atoms with van der Waals surface area (Å²) < 4.78 is 5.67. The molecule has 0 spiro atoms. The zero-order valence-electron chi connectivity index (χ0n) is 13.1. The molecule has 0 bridgehead atoms. The molecule has 2 rings (SSSR count). The minimum Gasteiger partial charge on any atom is -0.377 e. The Kier molecular flexibility index (Phi) is 5.58. The predicted molar refractivity (Wildman–Crippen MR) is 83.9 cm³/mol. The minimum absolute atomic E-state index is 0.0418. The smallest absolute Gasteiger partial charge is 0.0777 e. The van der Waals surface area contributed by atoms with E-state index in [4.69, 9.17) is 4.74 Å². The topological polar surface area (TPSA) is 24.5 Å². The van der Waals surface area contributed by atoms with Crippen molar-refractivity contribution in [2.45, 2.75) is 37.8 Å². The Morgan fingerprint density at radius 1 is 1.35 bits per heavy atom. The fraction of sp³-hybridized carbons (Fsp3) is 0.647. The third-order valence-electron chi connectivity index (χ3n) is 4.52. The summed E-state index contributed by atoms with van der Waals surface area (Å²) in [5.41, 5.74) is 1.42. The number of ether oxygens (including phenoxy) is 1. The van der Waals surface area contributed by atoms with Crippen LogP contribution in [0.3, 0.4) is 0 Å². The third-order valence-corrected chi connectivity index (χ3v) is 4.52. The average molecular weight is 276 g/mol. The second-order valence-electron chi connectivity index (χ2n) is 6.07. The number of benzene rings is 1. The van der Waals surface area contributed by atoms with Crippen LogP contribution in [0.4, 0.5) is 0 Å². The second kappa shape index (κ2) is 7.21. The Bertz CT molecular complexity index is 395. The number of hydrogen-bond acceptors (Lipinski definition) is 3. The summed E-state index contributed by atoms with van der Waals surface area (Å²) in [6, 6.07) is 11.1. The van der Waals surface area contributed by atoms with Gasteiger partial charge < -0.3 is 15.0 Å². The molecule has 1 saturated heterocycles. The van der Waals surface area contributed by atoms with E-state index in [1.165, 1.54) is 24.9 Å². The first-order valence-electron chi connectivity index (χ1n) is 7.66. The van der Waals surface area contributed by atoms with Crippen LogP contribution in [0.2, 0.25) is 0 Å². The lowest BCUT2D eigenvalue weighted by atomic mass is 9.94. The van der Waals surface area contributed by atoms with Crippen LogP contribution in [0.25, 0.3) is 0 Å². The molecule has 1 N–H and O–H groups in total. The van der Waals surface area contributed by atoms with Gasteiger partial charge in [0, 0.05) is 26.2 Å². The maximum absolute atomic E-state index is 5.67. The van der Waals surface area contributed by atoms with Crippen molar-refractivity contribution in [2.75, 3.05) is 33.8 Å². The molecule has 1 aliphatic heterocycles. The highest BCUT2D eigenvalue weighted by molar-refractivity contribution is 5.18. The van der Waals surface area contributed by atoms with Gasteiger partial charge in [0.1, 0.15) is 0 Å². The maximum atomic E-state index is 5.67. The molecule has 0 radical (unpaired) electrons. The molecule has 3 nitrogen and oxygen atoms in total. The van der Waals surface area contributed by atoms with E-state index in [0.717, 1.165) is 19.5 Å². The van der Waals surface area contributed by atoms with Gasteiger partial charge in [-0.15, -0.1) is 0 Å². The van der Waals surface area contributed by atoms with E-state index in [9.17, 15) is 0 Å². The molecule has 2 unspecified atom stereocenters. The molecule has 2 atom stereocenters. The highest BCUT2D eigenvalue weighted by Gasteiger charge is 2.30. The summed E-state index contributed by atoms with van der Waals surface area (Å²) in [4.78, 5) is 2.54. The third kappa shape index (κ3) is 4.05. The van der Waals surface area contributed by atoms with Crippen LogP contribution < -0.4 is 5.32 Å². The normalized spacial score (nSPS) is 25.6. The molecule has 1 fully saturated rings. The van der Waals surface area contributed by atoms with E-state index < -0.39 is 0 Å². The van der Waals surface area contributed by atoms with E-state index in [1.54, 1.807) is 0 Å². The number of nitrogens with zero attached hydrogens (tertiary/aromatic N) is 1. The Morgan fingerprint density at radius 2 is 2.10 bits per heavy atom. The van der Waals surface area contributed by atoms with Crippen LogP contribution in [0.5, 0.6) is 0 Å². The van der Waals surface area contributed by atoms with Gasteiger partial charge >= 0.3 is 0 Å². The number of methoxy groups -OCH3 is 1. The quantitative estimate of drug-likeness (QED) is 0.864. The lowest BCUT2D eigenvalue weighted by molar-refractivity contribution is -0.0511. The molecule has 1 heterocycles. The molecule has 1 aromatic rings. The first kappa shape index (κ1) is 15.5. The maximum Gasteiger partial charge on any atom is 0.0777 e. The van der Waals surface area contributed by atoms with Crippen LogP contribution in [0.1, 0.15) is 37.8 Å². The van der Waals surface area contributed by atoms with Crippen LogP contribution in [0, 0.1) is 0 Å². The number of likely N-dealkylation sites (tertiary alicyclic amines) is 1. The SMILES string of the molecule is CNC(CCN1CCCC(C)(OC)C1)c1ccccc1. The molecule has 0 aliphatic carbocycles. The minimum atomic E-state index is 0.0418. The van der Waals surface area contributed by atoms with Crippen LogP contribution >= 0.6 is 0 Å². The second-order valence-corrected chi connectivity index (χ2v) is 6.07. The van der Waals surface area contributed by atoms with Crippen molar-refractivity contribution < 1.29 is 4.74 Å². The van der Waals surface area contributed by atoms with Gasteiger partial charge in [0.05, 0.1) is 5.60 Å². The van der Waals surface area contributed by atoms with Crippen LogP contribution in [-0.2, 0) is 4.74 Å². The van der Waals surface area contributed by atoms with E-state index >= 15 is 0 Å². The van der Waals surface area contributed by atoms with Crippen molar-refractivity contribution in [1.82, 2.24) is 10.2 Å². The molecular formula is C17H28N2O. The molecule has 0 saturated carbocycles. The van der Waals surface area contributed by atoms with E-state index in [1.807, 2.05) is 14.2 Å². The fourth-order valence-corrected chi connectivity index (χ4v) is 3.14. The van der Waals surface area contributed by atoms with Crippen molar-refractivity contribution in [3.05, 3.63) is 35.9 Å². The van der Waals surface area contributed by atoms with E-state index in [0.29, 0.717) is 6.04 Å². The van der Waals surface area contributed by atoms with E-state index in [2.05, 4.69) is 47.5 Å². The van der Waals surface area contributed by atoms with Crippen molar-refractivity contribution in [3.63, 3.8) is 0 Å². The number of hydrogen-bond donors (Lipinski definition) is 1.